The molecule has 0 aliphatic carbocycles. The van der Waals surface area contributed by atoms with E-state index in [4.69, 9.17) is 10.6 Å². The summed E-state index contributed by atoms with van der Waals surface area (Å²) in [5, 5.41) is 0. The molecule has 0 amide bonds. The average molecular weight is 194 g/mol. The van der Waals surface area contributed by atoms with E-state index in [1.165, 1.54) is 0 Å². The summed E-state index contributed by atoms with van der Waals surface area (Å²) in [5.41, 5.74) is 10.3. The van der Waals surface area contributed by atoms with Crippen molar-refractivity contribution in [2.75, 3.05) is 5.73 Å². The molecule has 0 heterocycles. The van der Waals surface area contributed by atoms with Gasteiger partial charge in [-0.1, -0.05) is 18.2 Å². The Hall–Kier alpha value is -1.06. The summed E-state index contributed by atoms with van der Waals surface area (Å²) in [4.78, 5) is 5.38. The SMILES string of the molecule is CC(C)(C)ONCc1ccccc1N. The number of nitrogens with one attached hydrogen (secondary N) is 1. The number of nitrogens with two attached hydrogens (primary N) is 1. The molecule has 0 aromatic heterocycles. The van der Waals surface area contributed by atoms with Gasteiger partial charge in [-0.25, -0.2) is 0 Å². The summed E-state index contributed by atoms with van der Waals surface area (Å²) in [7, 11) is 0. The summed E-state index contributed by atoms with van der Waals surface area (Å²) in [6, 6.07) is 7.75. The van der Waals surface area contributed by atoms with Crippen LogP contribution in [0.4, 0.5) is 5.69 Å². The van der Waals surface area contributed by atoms with Crippen molar-refractivity contribution in [3.63, 3.8) is 0 Å². The number of hydrogen-bond acceptors (Lipinski definition) is 3. The van der Waals surface area contributed by atoms with Gasteiger partial charge >= 0.3 is 0 Å². The van der Waals surface area contributed by atoms with Gasteiger partial charge in [0.15, 0.2) is 0 Å². The maximum absolute atomic E-state index is 5.77. The second-order valence-electron chi connectivity index (χ2n) is 4.23. The highest BCUT2D eigenvalue weighted by molar-refractivity contribution is 5.45. The highest BCUT2D eigenvalue weighted by Gasteiger charge is 2.09. The monoisotopic (exact) mass is 194 g/mol. The van der Waals surface area contributed by atoms with Crippen molar-refractivity contribution in [1.29, 1.82) is 0 Å². The first-order valence-corrected chi connectivity index (χ1v) is 4.73. The largest absolute Gasteiger partial charge is 0.398 e. The molecule has 0 aliphatic rings. The highest BCUT2D eigenvalue weighted by Crippen LogP contribution is 2.11. The summed E-state index contributed by atoms with van der Waals surface area (Å²) < 4.78 is 0. The van der Waals surface area contributed by atoms with Crippen LogP contribution in [0, 0.1) is 0 Å². The molecule has 0 atom stereocenters. The summed E-state index contributed by atoms with van der Waals surface area (Å²) in [6.45, 7) is 6.61. The lowest BCUT2D eigenvalue weighted by molar-refractivity contribution is -0.0757. The molecular formula is C11H18N2O. The smallest absolute Gasteiger partial charge is 0.0813 e. The van der Waals surface area contributed by atoms with Crippen LogP contribution in [-0.2, 0) is 11.4 Å². The van der Waals surface area contributed by atoms with E-state index in [1.54, 1.807) is 0 Å². The first kappa shape index (κ1) is 11.0. The van der Waals surface area contributed by atoms with Crippen LogP contribution >= 0.6 is 0 Å². The zero-order valence-electron chi connectivity index (χ0n) is 9.00. The fourth-order valence-corrected chi connectivity index (χ4v) is 1.03. The van der Waals surface area contributed by atoms with Gasteiger partial charge in [0.2, 0.25) is 0 Å². The van der Waals surface area contributed by atoms with Crippen molar-refractivity contribution in [2.45, 2.75) is 32.9 Å². The van der Waals surface area contributed by atoms with Crippen LogP contribution in [0.1, 0.15) is 26.3 Å². The van der Waals surface area contributed by atoms with Gasteiger partial charge < -0.3 is 5.73 Å². The Kier molecular flexibility index (Phi) is 3.49. The van der Waals surface area contributed by atoms with Gasteiger partial charge in [0, 0.05) is 12.2 Å². The number of nitrogen functional groups attached to an aromatic ring is 1. The Morgan fingerprint density at radius 1 is 1.29 bits per heavy atom. The van der Waals surface area contributed by atoms with Gasteiger partial charge in [-0.15, -0.1) is 0 Å². The van der Waals surface area contributed by atoms with E-state index in [-0.39, 0.29) is 5.60 Å². The summed E-state index contributed by atoms with van der Waals surface area (Å²) in [5.74, 6) is 0. The van der Waals surface area contributed by atoms with Crippen LogP contribution in [0.25, 0.3) is 0 Å². The Morgan fingerprint density at radius 2 is 1.93 bits per heavy atom. The molecule has 0 spiro atoms. The fourth-order valence-electron chi connectivity index (χ4n) is 1.03. The van der Waals surface area contributed by atoms with Gasteiger partial charge in [0.1, 0.15) is 0 Å². The lowest BCUT2D eigenvalue weighted by Gasteiger charge is -2.19. The fraction of sp³-hybridized carbons (Fsp3) is 0.455. The van der Waals surface area contributed by atoms with Crippen LogP contribution in [0.2, 0.25) is 0 Å². The molecule has 1 rings (SSSR count). The maximum atomic E-state index is 5.77. The van der Waals surface area contributed by atoms with E-state index in [2.05, 4.69) is 5.48 Å². The number of para-hydroxylation sites is 1. The molecule has 3 nitrogen and oxygen atoms in total. The summed E-state index contributed by atoms with van der Waals surface area (Å²) in [6.07, 6.45) is 0. The second-order valence-corrected chi connectivity index (χ2v) is 4.23. The zero-order chi connectivity index (χ0) is 10.6. The van der Waals surface area contributed by atoms with Crippen LogP contribution in [0.15, 0.2) is 24.3 Å². The average Bonchev–Trinajstić information content (AvgIpc) is 2.06. The maximum Gasteiger partial charge on any atom is 0.0813 e. The molecule has 14 heavy (non-hydrogen) atoms. The minimum absolute atomic E-state index is 0.177. The standard InChI is InChI=1S/C11H18N2O/c1-11(2,3)14-13-8-9-6-4-5-7-10(9)12/h4-7,13H,8,12H2,1-3H3. The van der Waals surface area contributed by atoms with E-state index < -0.39 is 0 Å². The molecule has 0 aliphatic heterocycles. The van der Waals surface area contributed by atoms with E-state index in [0.29, 0.717) is 6.54 Å². The Balaban J connectivity index is 2.43. The Bertz CT molecular complexity index is 292. The predicted octanol–water partition coefficient (Wildman–Crippen LogP) is 2.09. The molecule has 1 aromatic carbocycles. The zero-order valence-corrected chi connectivity index (χ0v) is 9.00. The quantitative estimate of drug-likeness (QED) is 0.572. The van der Waals surface area contributed by atoms with Crippen molar-refractivity contribution >= 4 is 5.69 Å². The minimum atomic E-state index is -0.177. The molecule has 3 N–H and O–H groups in total. The van der Waals surface area contributed by atoms with Gasteiger partial charge in [-0.05, 0) is 32.4 Å². The molecule has 0 unspecified atom stereocenters. The van der Waals surface area contributed by atoms with Crippen LogP contribution < -0.4 is 11.2 Å². The van der Waals surface area contributed by atoms with Crippen molar-refractivity contribution in [3.05, 3.63) is 29.8 Å². The lowest BCUT2D eigenvalue weighted by Crippen LogP contribution is -2.28. The number of hydrogen-bond donors (Lipinski definition) is 2. The van der Waals surface area contributed by atoms with Crippen molar-refractivity contribution < 1.29 is 4.84 Å². The van der Waals surface area contributed by atoms with E-state index in [9.17, 15) is 0 Å². The third-order valence-corrected chi connectivity index (χ3v) is 1.70. The molecule has 0 bridgehead atoms. The first-order chi connectivity index (χ1) is 6.49. The van der Waals surface area contributed by atoms with Gasteiger partial charge in [-0.2, -0.15) is 5.48 Å². The number of rotatable bonds is 3. The third kappa shape index (κ3) is 3.77. The van der Waals surface area contributed by atoms with Gasteiger partial charge in [-0.3, -0.25) is 4.84 Å². The molecule has 0 saturated heterocycles. The van der Waals surface area contributed by atoms with Crippen LogP contribution in [-0.4, -0.2) is 5.60 Å². The normalized spacial score (nSPS) is 11.6. The van der Waals surface area contributed by atoms with Crippen molar-refractivity contribution in [3.8, 4) is 0 Å². The van der Waals surface area contributed by atoms with E-state index >= 15 is 0 Å². The number of hydroxylamine groups is 1. The topological polar surface area (TPSA) is 47.3 Å². The van der Waals surface area contributed by atoms with Crippen LogP contribution in [0.3, 0.4) is 0 Å². The predicted molar refractivity (Wildman–Crippen MR) is 58.5 cm³/mol. The Morgan fingerprint density at radius 3 is 2.50 bits per heavy atom. The highest BCUT2D eigenvalue weighted by atomic mass is 16.7. The molecule has 0 saturated carbocycles. The van der Waals surface area contributed by atoms with Crippen molar-refractivity contribution in [2.24, 2.45) is 0 Å². The van der Waals surface area contributed by atoms with Gasteiger partial charge in [0.25, 0.3) is 0 Å². The van der Waals surface area contributed by atoms with Crippen molar-refractivity contribution in [1.82, 2.24) is 5.48 Å². The second kappa shape index (κ2) is 4.44. The number of anilines is 1. The van der Waals surface area contributed by atoms with E-state index in [0.717, 1.165) is 11.3 Å². The first-order valence-electron chi connectivity index (χ1n) is 4.73. The lowest BCUT2D eigenvalue weighted by atomic mass is 10.2. The minimum Gasteiger partial charge on any atom is -0.398 e. The van der Waals surface area contributed by atoms with Gasteiger partial charge in [0.05, 0.1) is 5.60 Å². The van der Waals surface area contributed by atoms with E-state index in [1.807, 2.05) is 45.0 Å². The Labute approximate surface area is 85.2 Å². The third-order valence-electron chi connectivity index (χ3n) is 1.70. The van der Waals surface area contributed by atoms with Crippen LogP contribution in [0.5, 0.6) is 0 Å². The molecule has 3 heteroatoms. The molecule has 0 radical (unpaired) electrons. The molecular weight excluding hydrogens is 176 g/mol. The molecule has 1 aromatic rings. The summed E-state index contributed by atoms with van der Waals surface area (Å²) >= 11 is 0. The molecule has 0 fully saturated rings. The molecule has 78 valence electrons. The number of benzene rings is 1.